The molecule has 1 aromatic heterocycles. The smallest absolute Gasteiger partial charge is 0.247 e. The van der Waals surface area contributed by atoms with Crippen molar-refractivity contribution in [2.45, 2.75) is 59.5 Å². The summed E-state index contributed by atoms with van der Waals surface area (Å²) in [6, 6.07) is 0. The largest absolute Gasteiger partial charge is 0.422 e. The Kier molecular flexibility index (Phi) is 6.17. The van der Waals surface area contributed by atoms with Gasteiger partial charge in [0.25, 0.3) is 0 Å². The fraction of sp³-hybridized carbons (Fsp3) is 0.818. The second-order valence-electron chi connectivity index (χ2n) is 3.09. The lowest BCUT2D eigenvalue weighted by atomic mass is 9.98. The van der Waals surface area contributed by atoms with Crippen LogP contribution in [0.5, 0.6) is 0 Å². The Morgan fingerprint density at radius 2 is 1.67 bits per heavy atom. The molecule has 0 amide bonds. The fourth-order valence-corrected chi connectivity index (χ4v) is 1.14. The van der Waals surface area contributed by atoms with Crippen LogP contribution in [0.1, 0.15) is 59.2 Å². The van der Waals surface area contributed by atoms with Crippen LogP contribution in [0.2, 0.25) is 0 Å². The molecule has 0 saturated carbocycles. The van der Waals surface area contributed by atoms with E-state index in [1.807, 2.05) is 34.6 Å². The molecule has 0 atom stereocenters. The summed E-state index contributed by atoms with van der Waals surface area (Å²) in [6.07, 6.45) is 1.89. The van der Waals surface area contributed by atoms with Gasteiger partial charge in [0, 0.05) is 6.42 Å². The Hall–Kier alpha value is -0.900. The maximum atomic E-state index is 10.0. The monoisotopic (exact) mass is 214 g/mol. The van der Waals surface area contributed by atoms with E-state index >= 15 is 0 Å². The second-order valence-corrected chi connectivity index (χ2v) is 3.09. The third kappa shape index (κ3) is 3.30. The molecule has 15 heavy (non-hydrogen) atoms. The van der Waals surface area contributed by atoms with E-state index in [0.29, 0.717) is 31.0 Å². The van der Waals surface area contributed by atoms with Crippen molar-refractivity contribution in [3.05, 3.63) is 11.8 Å². The highest BCUT2D eigenvalue weighted by molar-refractivity contribution is 4.95. The Morgan fingerprint density at radius 1 is 1.13 bits per heavy atom. The van der Waals surface area contributed by atoms with Crippen LogP contribution in [-0.4, -0.2) is 15.3 Å². The average molecular weight is 214 g/mol. The van der Waals surface area contributed by atoms with Crippen LogP contribution in [0.15, 0.2) is 4.42 Å². The molecule has 0 aromatic carbocycles. The molecule has 88 valence electrons. The standard InChI is InChI=1S/C9H16N2O2.C2H6/c1-4-7-10-11-8(13-7)9(12,5-2)6-3;1-2/h12H,4-6H2,1-3H3;1-2H3. The van der Waals surface area contributed by atoms with Crippen LogP contribution in [0.4, 0.5) is 0 Å². The van der Waals surface area contributed by atoms with Crippen molar-refractivity contribution in [3.8, 4) is 0 Å². The maximum absolute atomic E-state index is 10.0. The van der Waals surface area contributed by atoms with Gasteiger partial charge in [-0.05, 0) is 12.8 Å². The first-order chi connectivity index (χ1) is 7.16. The van der Waals surface area contributed by atoms with E-state index in [1.165, 1.54) is 0 Å². The van der Waals surface area contributed by atoms with E-state index in [0.717, 1.165) is 0 Å². The van der Waals surface area contributed by atoms with Gasteiger partial charge in [-0.2, -0.15) is 0 Å². The molecular formula is C11H22N2O2. The van der Waals surface area contributed by atoms with Crippen LogP contribution in [-0.2, 0) is 12.0 Å². The van der Waals surface area contributed by atoms with Crippen LogP contribution in [0.25, 0.3) is 0 Å². The van der Waals surface area contributed by atoms with Crippen molar-refractivity contribution < 1.29 is 9.52 Å². The van der Waals surface area contributed by atoms with Crippen molar-refractivity contribution >= 4 is 0 Å². The van der Waals surface area contributed by atoms with Gasteiger partial charge in [0.2, 0.25) is 11.8 Å². The molecule has 4 heteroatoms. The third-order valence-electron chi connectivity index (χ3n) is 2.34. The Balaban J connectivity index is 0.000000921. The summed E-state index contributed by atoms with van der Waals surface area (Å²) in [5.74, 6) is 0.921. The van der Waals surface area contributed by atoms with Crippen molar-refractivity contribution in [3.63, 3.8) is 0 Å². The van der Waals surface area contributed by atoms with E-state index in [9.17, 15) is 5.11 Å². The predicted octanol–water partition coefficient (Wildman–Crippen LogP) is 2.67. The van der Waals surface area contributed by atoms with Gasteiger partial charge in [-0.1, -0.05) is 34.6 Å². The quantitative estimate of drug-likeness (QED) is 0.837. The Bertz CT molecular complexity index is 267. The van der Waals surface area contributed by atoms with Crippen molar-refractivity contribution in [1.82, 2.24) is 10.2 Å². The minimum atomic E-state index is -0.944. The molecule has 1 rings (SSSR count). The number of aromatic nitrogens is 2. The summed E-state index contributed by atoms with van der Waals surface area (Å²) in [4.78, 5) is 0. The molecule has 4 nitrogen and oxygen atoms in total. The topological polar surface area (TPSA) is 59.2 Å². The van der Waals surface area contributed by atoms with Gasteiger partial charge in [0.15, 0.2) is 0 Å². The molecular weight excluding hydrogens is 192 g/mol. The van der Waals surface area contributed by atoms with Crippen LogP contribution in [0.3, 0.4) is 0 Å². The van der Waals surface area contributed by atoms with Crippen molar-refractivity contribution in [2.24, 2.45) is 0 Å². The lowest BCUT2D eigenvalue weighted by molar-refractivity contribution is 0.000683. The highest BCUT2D eigenvalue weighted by atomic mass is 16.4. The SMILES string of the molecule is CC.CCc1nnc(C(O)(CC)CC)o1. The summed E-state index contributed by atoms with van der Waals surface area (Å²) >= 11 is 0. The average Bonchev–Trinajstić information content (AvgIpc) is 2.79. The van der Waals surface area contributed by atoms with Crippen molar-refractivity contribution in [1.29, 1.82) is 0 Å². The summed E-state index contributed by atoms with van der Waals surface area (Å²) in [6.45, 7) is 9.74. The molecule has 1 heterocycles. The minimum absolute atomic E-state index is 0.342. The number of nitrogens with zero attached hydrogens (tertiary/aromatic N) is 2. The molecule has 0 aliphatic carbocycles. The molecule has 0 unspecified atom stereocenters. The number of rotatable bonds is 4. The van der Waals surface area contributed by atoms with Crippen molar-refractivity contribution in [2.75, 3.05) is 0 Å². The molecule has 1 N–H and O–H groups in total. The first-order valence-corrected chi connectivity index (χ1v) is 5.71. The summed E-state index contributed by atoms with van der Waals surface area (Å²) in [5, 5.41) is 17.7. The number of hydrogen-bond donors (Lipinski definition) is 1. The third-order valence-corrected chi connectivity index (χ3v) is 2.34. The zero-order valence-electron chi connectivity index (χ0n) is 10.4. The number of aryl methyl sites for hydroxylation is 1. The molecule has 1 aromatic rings. The molecule has 0 bridgehead atoms. The minimum Gasteiger partial charge on any atom is -0.422 e. The zero-order chi connectivity index (χ0) is 11.9. The second kappa shape index (κ2) is 6.56. The summed E-state index contributed by atoms with van der Waals surface area (Å²) in [5.41, 5.74) is -0.944. The highest BCUT2D eigenvalue weighted by Crippen LogP contribution is 2.26. The van der Waals surface area contributed by atoms with Crippen LogP contribution >= 0.6 is 0 Å². The number of hydrogen-bond acceptors (Lipinski definition) is 4. The van der Waals surface area contributed by atoms with E-state index in [2.05, 4.69) is 10.2 Å². The molecule has 0 saturated heterocycles. The van der Waals surface area contributed by atoms with E-state index < -0.39 is 5.60 Å². The molecule has 0 fully saturated rings. The van der Waals surface area contributed by atoms with Gasteiger partial charge >= 0.3 is 0 Å². The van der Waals surface area contributed by atoms with E-state index in [4.69, 9.17) is 4.42 Å². The Morgan fingerprint density at radius 3 is 2.00 bits per heavy atom. The van der Waals surface area contributed by atoms with Crippen LogP contribution < -0.4 is 0 Å². The molecule has 0 spiro atoms. The number of aliphatic hydroxyl groups is 1. The predicted molar refractivity (Wildman–Crippen MR) is 59.5 cm³/mol. The van der Waals surface area contributed by atoms with Gasteiger partial charge in [0.1, 0.15) is 5.60 Å². The fourth-order valence-electron chi connectivity index (χ4n) is 1.14. The van der Waals surface area contributed by atoms with Gasteiger partial charge in [0.05, 0.1) is 0 Å². The summed E-state index contributed by atoms with van der Waals surface area (Å²) in [7, 11) is 0. The lowest BCUT2D eigenvalue weighted by Gasteiger charge is -2.19. The molecule has 0 radical (unpaired) electrons. The first kappa shape index (κ1) is 14.1. The lowest BCUT2D eigenvalue weighted by Crippen LogP contribution is -2.23. The molecule has 0 aliphatic heterocycles. The van der Waals surface area contributed by atoms with E-state index in [-0.39, 0.29) is 0 Å². The highest BCUT2D eigenvalue weighted by Gasteiger charge is 2.31. The molecule has 0 aliphatic rings. The van der Waals surface area contributed by atoms with Gasteiger partial charge in [-0.15, -0.1) is 10.2 Å². The zero-order valence-corrected chi connectivity index (χ0v) is 10.4. The summed E-state index contributed by atoms with van der Waals surface area (Å²) < 4.78 is 5.31. The van der Waals surface area contributed by atoms with Gasteiger partial charge in [-0.25, -0.2) is 0 Å². The Labute approximate surface area is 91.7 Å². The maximum Gasteiger partial charge on any atom is 0.247 e. The van der Waals surface area contributed by atoms with Crippen LogP contribution in [0, 0.1) is 0 Å². The first-order valence-electron chi connectivity index (χ1n) is 5.71. The normalized spacial score (nSPS) is 10.8. The van der Waals surface area contributed by atoms with Gasteiger partial charge in [-0.3, -0.25) is 0 Å². The van der Waals surface area contributed by atoms with Gasteiger partial charge < -0.3 is 9.52 Å². The van der Waals surface area contributed by atoms with E-state index in [1.54, 1.807) is 0 Å².